The predicted octanol–water partition coefficient (Wildman–Crippen LogP) is 3.31. The molecule has 0 heterocycles. The first-order valence-corrected chi connectivity index (χ1v) is 6.90. The summed E-state index contributed by atoms with van der Waals surface area (Å²) < 4.78 is 15.3. The summed E-state index contributed by atoms with van der Waals surface area (Å²) in [5, 5.41) is 9.74. The Kier molecular flexibility index (Phi) is 5.25. The van der Waals surface area contributed by atoms with Gasteiger partial charge in [-0.2, -0.15) is 0 Å². The van der Waals surface area contributed by atoms with Crippen molar-refractivity contribution in [2.45, 2.75) is 0 Å². The van der Waals surface area contributed by atoms with Crippen LogP contribution in [0.3, 0.4) is 0 Å². The van der Waals surface area contributed by atoms with Crippen molar-refractivity contribution in [3.63, 3.8) is 0 Å². The van der Waals surface area contributed by atoms with Crippen LogP contribution in [0.1, 0.15) is 15.9 Å². The molecule has 2 aromatic carbocycles. The van der Waals surface area contributed by atoms with Crippen molar-refractivity contribution in [3.8, 4) is 23.0 Å². The van der Waals surface area contributed by atoms with Gasteiger partial charge in [0.1, 0.15) is 11.5 Å². The molecular formula is C18H18O5. The van der Waals surface area contributed by atoms with Gasteiger partial charge in [-0.05, 0) is 35.9 Å². The van der Waals surface area contributed by atoms with E-state index < -0.39 is 0 Å². The van der Waals surface area contributed by atoms with E-state index in [0.29, 0.717) is 28.4 Å². The molecule has 0 spiro atoms. The number of ether oxygens (including phenoxy) is 3. The molecule has 120 valence electrons. The Morgan fingerprint density at radius 3 is 2.30 bits per heavy atom. The van der Waals surface area contributed by atoms with Crippen LogP contribution in [-0.2, 0) is 0 Å². The number of aromatic hydroxyl groups is 1. The minimum absolute atomic E-state index is 0.0177. The maximum atomic E-state index is 12.3. The smallest absolute Gasteiger partial charge is 0.189 e. The largest absolute Gasteiger partial charge is 0.504 e. The van der Waals surface area contributed by atoms with E-state index in [1.807, 2.05) is 0 Å². The van der Waals surface area contributed by atoms with Crippen LogP contribution >= 0.6 is 0 Å². The van der Waals surface area contributed by atoms with Crippen LogP contribution in [0.2, 0.25) is 0 Å². The number of hydrogen-bond donors (Lipinski definition) is 1. The van der Waals surface area contributed by atoms with E-state index >= 15 is 0 Å². The molecule has 0 aliphatic heterocycles. The standard InChI is InChI=1S/C18H18O5/c1-21-13-6-7-14(18(11-13)23-3)15(19)8-4-12-5-9-17(22-2)16(20)10-12/h4-11,20H,1-3H3/b8-4+. The molecule has 0 bridgehead atoms. The number of ketones is 1. The van der Waals surface area contributed by atoms with Crippen molar-refractivity contribution in [2.24, 2.45) is 0 Å². The maximum absolute atomic E-state index is 12.3. The van der Waals surface area contributed by atoms with Crippen LogP contribution in [0.25, 0.3) is 6.08 Å². The lowest BCUT2D eigenvalue weighted by atomic mass is 10.1. The maximum Gasteiger partial charge on any atom is 0.189 e. The number of phenols is 1. The van der Waals surface area contributed by atoms with Gasteiger partial charge in [0, 0.05) is 6.07 Å². The molecule has 0 aliphatic rings. The second-order valence-electron chi connectivity index (χ2n) is 4.70. The van der Waals surface area contributed by atoms with Crippen LogP contribution in [0.15, 0.2) is 42.5 Å². The molecule has 5 heteroatoms. The van der Waals surface area contributed by atoms with E-state index in [1.165, 1.54) is 26.4 Å². The lowest BCUT2D eigenvalue weighted by Gasteiger charge is -2.08. The van der Waals surface area contributed by atoms with Gasteiger partial charge in [0.25, 0.3) is 0 Å². The lowest BCUT2D eigenvalue weighted by Crippen LogP contribution is -1.99. The molecule has 23 heavy (non-hydrogen) atoms. The van der Waals surface area contributed by atoms with E-state index in [2.05, 4.69) is 0 Å². The highest BCUT2D eigenvalue weighted by Gasteiger charge is 2.11. The topological polar surface area (TPSA) is 65.0 Å². The normalized spacial score (nSPS) is 10.6. The number of phenolic OH excluding ortho intramolecular Hbond substituents is 1. The fourth-order valence-corrected chi connectivity index (χ4v) is 2.07. The monoisotopic (exact) mass is 314 g/mol. The molecule has 0 fully saturated rings. The Morgan fingerprint density at radius 2 is 1.70 bits per heavy atom. The summed E-state index contributed by atoms with van der Waals surface area (Å²) in [6.45, 7) is 0. The molecule has 0 atom stereocenters. The zero-order valence-electron chi connectivity index (χ0n) is 13.2. The Bertz CT molecular complexity index is 734. The highest BCUT2D eigenvalue weighted by atomic mass is 16.5. The summed E-state index contributed by atoms with van der Waals surface area (Å²) in [4.78, 5) is 12.3. The minimum Gasteiger partial charge on any atom is -0.504 e. The van der Waals surface area contributed by atoms with Gasteiger partial charge in [0.05, 0.1) is 26.9 Å². The van der Waals surface area contributed by atoms with Crippen molar-refractivity contribution in [1.82, 2.24) is 0 Å². The van der Waals surface area contributed by atoms with Gasteiger partial charge >= 0.3 is 0 Å². The Morgan fingerprint density at radius 1 is 0.957 bits per heavy atom. The third-order valence-electron chi connectivity index (χ3n) is 3.30. The van der Waals surface area contributed by atoms with Crippen molar-refractivity contribution in [3.05, 3.63) is 53.6 Å². The third-order valence-corrected chi connectivity index (χ3v) is 3.30. The molecule has 2 aromatic rings. The van der Waals surface area contributed by atoms with Crippen molar-refractivity contribution in [1.29, 1.82) is 0 Å². The van der Waals surface area contributed by atoms with Crippen LogP contribution in [0, 0.1) is 0 Å². The number of carbonyl (C=O) groups excluding carboxylic acids is 1. The van der Waals surface area contributed by atoms with Crippen LogP contribution in [0.4, 0.5) is 0 Å². The number of methoxy groups -OCH3 is 3. The van der Waals surface area contributed by atoms with Crippen LogP contribution < -0.4 is 14.2 Å². The van der Waals surface area contributed by atoms with Gasteiger partial charge in [0.2, 0.25) is 0 Å². The molecule has 0 saturated carbocycles. The van der Waals surface area contributed by atoms with Gasteiger partial charge in [-0.25, -0.2) is 0 Å². The van der Waals surface area contributed by atoms with Gasteiger partial charge in [-0.15, -0.1) is 0 Å². The van der Waals surface area contributed by atoms with E-state index in [0.717, 1.165) is 0 Å². The molecule has 5 nitrogen and oxygen atoms in total. The Balaban J connectivity index is 2.23. The summed E-state index contributed by atoms with van der Waals surface area (Å²) in [6, 6.07) is 9.90. The molecule has 0 radical (unpaired) electrons. The SMILES string of the molecule is COc1ccc(C(=O)/C=C/c2ccc(OC)c(O)c2)c(OC)c1. The van der Waals surface area contributed by atoms with Gasteiger partial charge in [0.15, 0.2) is 17.3 Å². The van der Waals surface area contributed by atoms with Crippen LogP contribution in [-0.4, -0.2) is 32.2 Å². The lowest BCUT2D eigenvalue weighted by molar-refractivity contribution is 0.104. The minimum atomic E-state index is -0.209. The highest BCUT2D eigenvalue weighted by molar-refractivity contribution is 6.08. The Labute approximate surface area is 134 Å². The molecule has 2 rings (SSSR count). The summed E-state index contributed by atoms with van der Waals surface area (Å²) in [6.07, 6.45) is 3.04. The van der Waals surface area contributed by atoms with E-state index in [-0.39, 0.29) is 11.5 Å². The Hall–Kier alpha value is -2.95. The zero-order chi connectivity index (χ0) is 16.8. The number of benzene rings is 2. The van der Waals surface area contributed by atoms with Gasteiger partial charge in [-0.3, -0.25) is 4.79 Å². The van der Waals surface area contributed by atoms with E-state index in [1.54, 1.807) is 43.5 Å². The molecule has 1 N–H and O–H groups in total. The number of hydrogen-bond acceptors (Lipinski definition) is 5. The molecule has 0 saturated heterocycles. The summed E-state index contributed by atoms with van der Waals surface area (Å²) in [7, 11) is 4.52. The molecule has 0 unspecified atom stereocenters. The predicted molar refractivity (Wildman–Crippen MR) is 87.6 cm³/mol. The zero-order valence-corrected chi connectivity index (χ0v) is 13.2. The highest BCUT2D eigenvalue weighted by Crippen LogP contribution is 2.28. The average molecular weight is 314 g/mol. The molecule has 0 amide bonds. The second kappa shape index (κ2) is 7.35. The van der Waals surface area contributed by atoms with Crippen molar-refractivity contribution >= 4 is 11.9 Å². The quantitative estimate of drug-likeness (QED) is 0.654. The fraction of sp³-hybridized carbons (Fsp3) is 0.167. The third kappa shape index (κ3) is 3.83. The fourth-order valence-electron chi connectivity index (χ4n) is 2.07. The van der Waals surface area contributed by atoms with Crippen LogP contribution in [0.5, 0.6) is 23.0 Å². The number of carbonyl (C=O) groups is 1. The second-order valence-corrected chi connectivity index (χ2v) is 4.70. The summed E-state index contributed by atoms with van der Waals surface area (Å²) >= 11 is 0. The molecule has 0 aromatic heterocycles. The van der Waals surface area contributed by atoms with Gasteiger partial charge < -0.3 is 19.3 Å². The first-order chi connectivity index (χ1) is 11.1. The van der Waals surface area contributed by atoms with Crippen molar-refractivity contribution in [2.75, 3.05) is 21.3 Å². The summed E-state index contributed by atoms with van der Waals surface area (Å²) in [5.74, 6) is 1.24. The first-order valence-electron chi connectivity index (χ1n) is 6.90. The van der Waals surface area contributed by atoms with E-state index in [9.17, 15) is 9.90 Å². The first kappa shape index (κ1) is 16.4. The van der Waals surface area contributed by atoms with Crippen molar-refractivity contribution < 1.29 is 24.1 Å². The number of allylic oxidation sites excluding steroid dienone is 1. The molecular weight excluding hydrogens is 296 g/mol. The number of rotatable bonds is 6. The van der Waals surface area contributed by atoms with E-state index in [4.69, 9.17) is 14.2 Å². The van der Waals surface area contributed by atoms with Gasteiger partial charge in [-0.1, -0.05) is 12.1 Å². The summed E-state index contributed by atoms with van der Waals surface area (Å²) in [5.41, 5.74) is 1.12. The average Bonchev–Trinajstić information content (AvgIpc) is 2.59. The molecule has 0 aliphatic carbocycles.